The molecule has 0 saturated heterocycles. The highest BCUT2D eigenvalue weighted by atomic mass is 16.5. The van der Waals surface area contributed by atoms with Gasteiger partial charge in [-0.1, -0.05) is 6.07 Å². The summed E-state index contributed by atoms with van der Waals surface area (Å²) in [6.07, 6.45) is 1.37. The van der Waals surface area contributed by atoms with Gasteiger partial charge in [-0.3, -0.25) is 4.79 Å². The number of nitrogens with zero attached hydrogens (tertiary/aromatic N) is 2. The first-order chi connectivity index (χ1) is 10.5. The fourth-order valence-corrected chi connectivity index (χ4v) is 1.91. The van der Waals surface area contributed by atoms with Crippen LogP contribution in [0.1, 0.15) is 32.0 Å². The Morgan fingerprint density at radius 1 is 1.32 bits per heavy atom. The molecule has 0 spiro atoms. The molecule has 0 aliphatic carbocycles. The monoisotopic (exact) mass is 301 g/mol. The maximum absolute atomic E-state index is 12.0. The first kappa shape index (κ1) is 15.4. The van der Waals surface area contributed by atoms with Crippen LogP contribution in [0, 0.1) is 6.92 Å². The van der Waals surface area contributed by atoms with Gasteiger partial charge in [0.1, 0.15) is 11.3 Å². The molecule has 1 amide bonds. The Hall–Kier alpha value is -2.96. The van der Waals surface area contributed by atoms with Crippen molar-refractivity contribution in [2.75, 3.05) is 7.11 Å². The number of methoxy groups -OCH3 is 1. The number of ether oxygens (including phenoxy) is 1. The number of hydrogen-bond donors (Lipinski definition) is 2. The van der Waals surface area contributed by atoms with E-state index in [2.05, 4.69) is 15.5 Å². The lowest BCUT2D eigenvalue weighted by atomic mass is 10.1. The maximum atomic E-state index is 12.0. The molecule has 2 N–H and O–H groups in total. The van der Waals surface area contributed by atoms with Gasteiger partial charge in [-0.25, -0.2) is 4.79 Å². The van der Waals surface area contributed by atoms with Gasteiger partial charge in [0.25, 0.3) is 5.91 Å². The Labute approximate surface area is 127 Å². The molecular weight excluding hydrogens is 286 g/mol. The quantitative estimate of drug-likeness (QED) is 0.866. The molecule has 2 aromatic rings. The fourth-order valence-electron chi connectivity index (χ4n) is 1.91. The Morgan fingerprint density at radius 2 is 2.09 bits per heavy atom. The van der Waals surface area contributed by atoms with Gasteiger partial charge in [0.2, 0.25) is 0 Å². The number of aromatic nitrogens is 2. The van der Waals surface area contributed by atoms with Crippen molar-refractivity contribution in [1.29, 1.82) is 0 Å². The number of nitrogens with one attached hydrogen (secondary N) is 1. The molecule has 7 nitrogen and oxygen atoms in total. The highest BCUT2D eigenvalue weighted by molar-refractivity contribution is 5.94. The molecule has 22 heavy (non-hydrogen) atoms. The topological polar surface area (TPSA) is 101 Å². The summed E-state index contributed by atoms with van der Waals surface area (Å²) in [6, 6.07) is 6.35. The summed E-state index contributed by atoms with van der Waals surface area (Å²) in [7, 11) is 1.40. The minimum absolute atomic E-state index is 0.0515. The van der Waals surface area contributed by atoms with Gasteiger partial charge in [-0.15, -0.1) is 0 Å². The summed E-state index contributed by atoms with van der Waals surface area (Å²) in [6.45, 7) is 1.94. The van der Waals surface area contributed by atoms with Crippen molar-refractivity contribution in [3.05, 3.63) is 52.8 Å². The van der Waals surface area contributed by atoms with Crippen molar-refractivity contribution in [2.24, 2.45) is 0 Å². The summed E-state index contributed by atoms with van der Waals surface area (Å²) in [5, 5.41) is 19.3. The minimum Gasteiger partial charge on any atom is -0.496 e. The molecule has 0 radical (unpaired) electrons. The third-order valence-electron chi connectivity index (χ3n) is 2.99. The number of rotatable bonds is 5. The van der Waals surface area contributed by atoms with Crippen LogP contribution in [0.15, 0.2) is 30.5 Å². The molecule has 7 heteroatoms. The van der Waals surface area contributed by atoms with Crippen molar-refractivity contribution >= 4 is 11.9 Å². The number of carboxylic acid groups (broad SMARTS) is 1. The largest absolute Gasteiger partial charge is 0.496 e. The van der Waals surface area contributed by atoms with E-state index in [0.717, 1.165) is 0 Å². The summed E-state index contributed by atoms with van der Waals surface area (Å²) in [5.41, 5.74) is 1.76. The standard InChI is InChI=1S/C15H15N3O4/c1-9-5-11(8-17-18-9)14(19)16-7-10-3-4-13(22-2)12(6-10)15(20)21/h3-6,8H,7H2,1-2H3,(H,16,19)(H,20,21). The number of amides is 1. The number of aryl methyl sites for hydroxylation is 1. The minimum atomic E-state index is -1.08. The van der Waals surface area contributed by atoms with Crippen LogP contribution in [0.3, 0.4) is 0 Å². The van der Waals surface area contributed by atoms with Gasteiger partial charge < -0.3 is 15.2 Å². The Kier molecular flexibility index (Phi) is 4.67. The molecule has 0 aliphatic rings. The van der Waals surface area contributed by atoms with E-state index in [0.29, 0.717) is 16.8 Å². The lowest BCUT2D eigenvalue weighted by Gasteiger charge is -2.09. The zero-order valence-corrected chi connectivity index (χ0v) is 12.2. The molecule has 1 heterocycles. The van der Waals surface area contributed by atoms with Gasteiger partial charge in [0.15, 0.2) is 0 Å². The van der Waals surface area contributed by atoms with Gasteiger partial charge in [0, 0.05) is 6.54 Å². The van der Waals surface area contributed by atoms with Crippen LogP contribution in [-0.4, -0.2) is 34.3 Å². The van der Waals surface area contributed by atoms with Crippen molar-refractivity contribution < 1.29 is 19.4 Å². The van der Waals surface area contributed by atoms with E-state index in [1.165, 1.54) is 19.4 Å². The van der Waals surface area contributed by atoms with Crippen molar-refractivity contribution in [1.82, 2.24) is 15.5 Å². The van der Waals surface area contributed by atoms with Crippen molar-refractivity contribution in [2.45, 2.75) is 13.5 Å². The second kappa shape index (κ2) is 6.66. The van der Waals surface area contributed by atoms with Crippen molar-refractivity contribution in [3.8, 4) is 5.75 Å². The van der Waals surface area contributed by atoms with Crippen molar-refractivity contribution in [3.63, 3.8) is 0 Å². The maximum Gasteiger partial charge on any atom is 0.339 e. The van der Waals surface area contributed by atoms with Gasteiger partial charge in [-0.05, 0) is 30.7 Å². The smallest absolute Gasteiger partial charge is 0.339 e. The van der Waals surface area contributed by atoms with E-state index in [4.69, 9.17) is 9.84 Å². The van der Waals surface area contributed by atoms with Crippen LogP contribution in [0.4, 0.5) is 0 Å². The second-order valence-corrected chi connectivity index (χ2v) is 4.61. The highest BCUT2D eigenvalue weighted by Gasteiger charge is 2.12. The fraction of sp³-hybridized carbons (Fsp3) is 0.200. The highest BCUT2D eigenvalue weighted by Crippen LogP contribution is 2.19. The molecule has 2 rings (SSSR count). The van der Waals surface area contributed by atoms with E-state index in [-0.39, 0.29) is 23.8 Å². The lowest BCUT2D eigenvalue weighted by molar-refractivity contribution is 0.0693. The Morgan fingerprint density at radius 3 is 2.73 bits per heavy atom. The summed E-state index contributed by atoms with van der Waals surface area (Å²) < 4.78 is 4.99. The molecule has 0 aliphatic heterocycles. The molecule has 1 aromatic carbocycles. The van der Waals surface area contributed by atoms with Gasteiger partial charge >= 0.3 is 5.97 Å². The number of benzene rings is 1. The lowest BCUT2D eigenvalue weighted by Crippen LogP contribution is -2.23. The summed E-state index contributed by atoms with van der Waals surface area (Å²) in [4.78, 5) is 23.1. The van der Waals surface area contributed by atoms with E-state index >= 15 is 0 Å². The zero-order valence-electron chi connectivity index (χ0n) is 12.2. The predicted octanol–water partition coefficient (Wildman–Crippen LogP) is 1.42. The van der Waals surface area contributed by atoms with E-state index < -0.39 is 5.97 Å². The zero-order chi connectivity index (χ0) is 16.1. The summed E-state index contributed by atoms with van der Waals surface area (Å²) >= 11 is 0. The first-order valence-corrected chi connectivity index (χ1v) is 6.49. The van der Waals surface area contributed by atoms with Crippen LogP contribution in [-0.2, 0) is 6.54 Å². The molecule has 0 fully saturated rings. The van der Waals surface area contributed by atoms with Gasteiger partial charge in [0.05, 0.1) is 24.6 Å². The van der Waals surface area contributed by atoms with Gasteiger partial charge in [-0.2, -0.15) is 10.2 Å². The predicted molar refractivity (Wildman–Crippen MR) is 77.9 cm³/mol. The average molecular weight is 301 g/mol. The third-order valence-corrected chi connectivity index (χ3v) is 2.99. The molecule has 0 bridgehead atoms. The van der Waals surface area contributed by atoms with Crippen LogP contribution in [0.25, 0.3) is 0 Å². The first-order valence-electron chi connectivity index (χ1n) is 6.49. The molecule has 0 unspecified atom stereocenters. The number of carbonyl (C=O) groups is 2. The number of carbonyl (C=O) groups excluding carboxylic acids is 1. The Balaban J connectivity index is 2.10. The van der Waals surface area contributed by atoms with Crippen LogP contribution in [0.2, 0.25) is 0 Å². The average Bonchev–Trinajstić information content (AvgIpc) is 2.52. The summed E-state index contributed by atoms with van der Waals surface area (Å²) in [5.74, 6) is -1.11. The third kappa shape index (κ3) is 3.57. The molecule has 0 saturated carbocycles. The SMILES string of the molecule is COc1ccc(CNC(=O)c2cnnc(C)c2)cc1C(=O)O. The normalized spacial score (nSPS) is 10.1. The number of aromatic carboxylic acids is 1. The molecule has 114 valence electrons. The van der Waals surface area contributed by atoms with Crippen LogP contribution >= 0.6 is 0 Å². The van der Waals surface area contributed by atoms with Crippen LogP contribution in [0.5, 0.6) is 5.75 Å². The molecule has 0 atom stereocenters. The van der Waals surface area contributed by atoms with Crippen LogP contribution < -0.4 is 10.1 Å². The van der Waals surface area contributed by atoms with E-state index in [1.807, 2.05) is 0 Å². The number of hydrogen-bond acceptors (Lipinski definition) is 5. The van der Waals surface area contributed by atoms with E-state index in [9.17, 15) is 9.59 Å². The number of carboxylic acids is 1. The molecular formula is C15H15N3O4. The second-order valence-electron chi connectivity index (χ2n) is 4.61. The Bertz CT molecular complexity index is 716. The van der Waals surface area contributed by atoms with E-state index in [1.54, 1.807) is 25.1 Å². The molecule has 1 aromatic heterocycles.